The van der Waals surface area contributed by atoms with Crippen LogP contribution in [0.25, 0.3) is 0 Å². The van der Waals surface area contributed by atoms with Crippen LogP contribution in [0.1, 0.15) is 45.1 Å². The quantitative estimate of drug-likeness (QED) is 0.784. The lowest BCUT2D eigenvalue weighted by molar-refractivity contribution is 0.349. The van der Waals surface area contributed by atoms with Gasteiger partial charge in [-0.15, -0.1) is 0 Å². The van der Waals surface area contributed by atoms with Gasteiger partial charge in [-0.25, -0.2) is 4.79 Å². The van der Waals surface area contributed by atoms with Crippen molar-refractivity contribution in [3.8, 4) is 5.88 Å². The number of H-pyrrole nitrogens is 1. The molecule has 1 aromatic heterocycles. The molecule has 1 aromatic rings. The molecule has 1 aliphatic rings. The molecule has 0 radical (unpaired) electrons. The molecule has 0 saturated carbocycles. The Morgan fingerprint density at radius 1 is 1.50 bits per heavy atom. The van der Waals surface area contributed by atoms with Crippen LogP contribution in [0, 0.1) is 0 Å². The van der Waals surface area contributed by atoms with Gasteiger partial charge in [0.2, 0.25) is 5.88 Å². The first-order chi connectivity index (χ1) is 8.61. The standard InChI is InChI=1S/C13H18N2O3/c1-2-9-4-3-5-10(7-6-9)15-12(17)8-11(16)14-13(15)18/h6,8,10,17H,2-5,7H2,1H3,(H,14,16,18). The molecule has 0 fully saturated rings. The van der Waals surface area contributed by atoms with Gasteiger partial charge in [-0.2, -0.15) is 0 Å². The summed E-state index contributed by atoms with van der Waals surface area (Å²) in [5.74, 6) is -0.248. The van der Waals surface area contributed by atoms with Gasteiger partial charge in [-0.3, -0.25) is 14.3 Å². The Morgan fingerprint density at radius 3 is 2.94 bits per heavy atom. The predicted molar refractivity (Wildman–Crippen MR) is 68.9 cm³/mol. The van der Waals surface area contributed by atoms with E-state index in [2.05, 4.69) is 18.0 Å². The minimum absolute atomic E-state index is 0.0709. The van der Waals surface area contributed by atoms with Crippen LogP contribution in [0.3, 0.4) is 0 Å². The van der Waals surface area contributed by atoms with Crippen molar-refractivity contribution >= 4 is 0 Å². The van der Waals surface area contributed by atoms with Gasteiger partial charge in [0.15, 0.2) is 0 Å². The molecule has 0 aliphatic heterocycles. The second-order valence-corrected chi connectivity index (χ2v) is 4.66. The number of nitrogens with zero attached hydrogens (tertiary/aromatic N) is 1. The number of allylic oxidation sites excluding steroid dienone is 2. The van der Waals surface area contributed by atoms with Crippen LogP contribution in [-0.4, -0.2) is 14.7 Å². The van der Waals surface area contributed by atoms with Crippen molar-refractivity contribution in [1.29, 1.82) is 0 Å². The molecule has 1 atom stereocenters. The van der Waals surface area contributed by atoms with E-state index in [4.69, 9.17) is 0 Å². The minimum Gasteiger partial charge on any atom is -0.494 e. The molecule has 1 heterocycles. The van der Waals surface area contributed by atoms with Gasteiger partial charge in [0.05, 0.1) is 6.07 Å². The van der Waals surface area contributed by atoms with Gasteiger partial charge in [0.25, 0.3) is 5.56 Å². The fourth-order valence-electron chi connectivity index (χ4n) is 2.49. The number of nitrogens with one attached hydrogen (secondary N) is 1. The molecule has 0 bridgehead atoms. The van der Waals surface area contributed by atoms with Crippen LogP contribution in [0.2, 0.25) is 0 Å². The molecular formula is C13H18N2O3. The average Bonchev–Trinajstić information content (AvgIpc) is 2.53. The molecule has 18 heavy (non-hydrogen) atoms. The van der Waals surface area contributed by atoms with Crippen molar-refractivity contribution in [2.75, 3.05) is 0 Å². The molecule has 1 aliphatic carbocycles. The number of aromatic hydroxyl groups is 1. The summed E-state index contributed by atoms with van der Waals surface area (Å²) < 4.78 is 1.29. The Balaban J connectivity index is 2.35. The van der Waals surface area contributed by atoms with Crippen molar-refractivity contribution in [2.24, 2.45) is 0 Å². The molecule has 0 aromatic carbocycles. The van der Waals surface area contributed by atoms with Crippen molar-refractivity contribution in [1.82, 2.24) is 9.55 Å². The fraction of sp³-hybridized carbons (Fsp3) is 0.538. The van der Waals surface area contributed by atoms with Gasteiger partial charge in [0.1, 0.15) is 0 Å². The Bertz CT molecular complexity index is 568. The van der Waals surface area contributed by atoms with E-state index < -0.39 is 11.2 Å². The summed E-state index contributed by atoms with van der Waals surface area (Å²) in [7, 11) is 0. The summed E-state index contributed by atoms with van der Waals surface area (Å²) in [6, 6.07) is 0.981. The molecule has 1 unspecified atom stereocenters. The number of rotatable bonds is 2. The lowest BCUT2D eigenvalue weighted by Crippen LogP contribution is -2.31. The molecule has 0 amide bonds. The highest BCUT2D eigenvalue weighted by molar-refractivity contribution is 5.10. The second-order valence-electron chi connectivity index (χ2n) is 4.66. The maximum Gasteiger partial charge on any atom is 0.331 e. The van der Waals surface area contributed by atoms with Gasteiger partial charge < -0.3 is 5.11 Å². The smallest absolute Gasteiger partial charge is 0.331 e. The first kappa shape index (κ1) is 12.7. The number of aromatic nitrogens is 2. The highest BCUT2D eigenvalue weighted by atomic mass is 16.3. The molecule has 98 valence electrons. The van der Waals surface area contributed by atoms with E-state index in [1.54, 1.807) is 0 Å². The van der Waals surface area contributed by atoms with Crippen molar-refractivity contribution in [3.63, 3.8) is 0 Å². The molecule has 0 saturated heterocycles. The summed E-state index contributed by atoms with van der Waals surface area (Å²) in [4.78, 5) is 25.0. The van der Waals surface area contributed by atoms with E-state index >= 15 is 0 Å². The normalized spacial score (nSPS) is 20.3. The largest absolute Gasteiger partial charge is 0.494 e. The number of hydrogen-bond acceptors (Lipinski definition) is 3. The monoisotopic (exact) mass is 250 g/mol. The van der Waals surface area contributed by atoms with E-state index in [9.17, 15) is 14.7 Å². The molecular weight excluding hydrogens is 232 g/mol. The van der Waals surface area contributed by atoms with Crippen LogP contribution in [-0.2, 0) is 0 Å². The maximum absolute atomic E-state index is 11.8. The van der Waals surface area contributed by atoms with Gasteiger partial charge in [0, 0.05) is 6.04 Å². The first-order valence-electron chi connectivity index (χ1n) is 6.34. The Hall–Kier alpha value is -1.78. The van der Waals surface area contributed by atoms with Gasteiger partial charge in [-0.1, -0.05) is 18.6 Å². The van der Waals surface area contributed by atoms with Gasteiger partial charge >= 0.3 is 5.69 Å². The lowest BCUT2D eigenvalue weighted by atomic mass is 10.1. The third kappa shape index (κ3) is 2.55. The van der Waals surface area contributed by atoms with Crippen LogP contribution in [0.15, 0.2) is 27.3 Å². The van der Waals surface area contributed by atoms with Crippen LogP contribution in [0.4, 0.5) is 0 Å². The highest BCUT2D eigenvalue weighted by Crippen LogP contribution is 2.28. The van der Waals surface area contributed by atoms with E-state index in [-0.39, 0.29) is 11.9 Å². The van der Waals surface area contributed by atoms with E-state index in [0.29, 0.717) is 0 Å². The van der Waals surface area contributed by atoms with E-state index in [1.165, 1.54) is 10.1 Å². The van der Waals surface area contributed by atoms with Crippen LogP contribution >= 0.6 is 0 Å². The first-order valence-corrected chi connectivity index (χ1v) is 6.34. The summed E-state index contributed by atoms with van der Waals surface area (Å²) in [5, 5.41) is 9.76. The van der Waals surface area contributed by atoms with Crippen molar-refractivity contribution < 1.29 is 5.11 Å². The molecule has 0 spiro atoms. The minimum atomic E-state index is -0.563. The Labute approximate surface area is 105 Å². The maximum atomic E-state index is 11.8. The molecule has 5 nitrogen and oxygen atoms in total. The second kappa shape index (κ2) is 5.25. The zero-order valence-electron chi connectivity index (χ0n) is 10.5. The third-order valence-electron chi connectivity index (χ3n) is 3.49. The SMILES string of the molecule is CCC1=CCC(n2c(O)cc(=O)[nH]c2=O)CCC1. The zero-order valence-corrected chi connectivity index (χ0v) is 10.5. The molecule has 2 rings (SSSR count). The number of hydrogen-bond donors (Lipinski definition) is 2. The third-order valence-corrected chi connectivity index (χ3v) is 3.49. The Morgan fingerprint density at radius 2 is 2.28 bits per heavy atom. The molecule has 2 N–H and O–H groups in total. The fourth-order valence-corrected chi connectivity index (χ4v) is 2.49. The van der Waals surface area contributed by atoms with Crippen molar-refractivity contribution in [3.05, 3.63) is 38.6 Å². The van der Waals surface area contributed by atoms with Crippen LogP contribution in [0.5, 0.6) is 5.88 Å². The number of aromatic amines is 1. The van der Waals surface area contributed by atoms with Gasteiger partial charge in [-0.05, 0) is 32.1 Å². The van der Waals surface area contributed by atoms with E-state index in [0.717, 1.165) is 38.2 Å². The molecule has 5 heteroatoms. The lowest BCUT2D eigenvalue weighted by Gasteiger charge is -2.17. The van der Waals surface area contributed by atoms with E-state index in [1.807, 2.05) is 0 Å². The Kier molecular flexibility index (Phi) is 3.69. The van der Waals surface area contributed by atoms with Crippen molar-refractivity contribution in [2.45, 2.75) is 45.1 Å². The highest BCUT2D eigenvalue weighted by Gasteiger charge is 2.18. The topological polar surface area (TPSA) is 75.1 Å². The summed E-state index contributed by atoms with van der Waals surface area (Å²) >= 11 is 0. The van der Waals surface area contributed by atoms with Crippen LogP contribution < -0.4 is 11.2 Å². The summed E-state index contributed by atoms with van der Waals surface area (Å²) in [6.07, 6.45) is 6.78. The summed E-state index contributed by atoms with van der Waals surface area (Å²) in [5.41, 5.74) is 0.306. The summed E-state index contributed by atoms with van der Waals surface area (Å²) in [6.45, 7) is 2.12. The zero-order chi connectivity index (χ0) is 13.1. The predicted octanol–water partition coefficient (Wildman–Crippen LogP) is 1.69. The average molecular weight is 250 g/mol.